The predicted molar refractivity (Wildman–Crippen MR) is 406 cm³/mol. The van der Waals surface area contributed by atoms with E-state index in [1.54, 1.807) is 0 Å². The lowest BCUT2D eigenvalue weighted by Crippen LogP contribution is -2.37. The van der Waals surface area contributed by atoms with E-state index in [0.29, 0.717) is 17.4 Å². The molecule has 0 aliphatic heterocycles. The molecule has 9 nitrogen and oxygen atoms in total. The average Bonchev–Trinajstić information content (AvgIpc) is 1.68. The van der Waals surface area contributed by atoms with Crippen LogP contribution in [0.25, 0.3) is 0 Å². The Morgan fingerprint density at radius 2 is 0.606 bits per heavy atom. The smallest absolute Gasteiger partial charge is 0.306 e. The van der Waals surface area contributed by atoms with Crippen molar-refractivity contribution in [2.24, 2.45) is 0 Å². The molecule has 0 amide bonds. The third kappa shape index (κ3) is 77.9. The number of unbranched alkanes of at least 4 members (excludes halogenated alkanes) is 44. The first kappa shape index (κ1) is 90.9. The molecule has 0 N–H and O–H groups in total. The minimum absolute atomic E-state index is 0.0313. The molecule has 546 valence electrons. The van der Waals surface area contributed by atoms with E-state index in [1.165, 1.54) is 257 Å². The highest BCUT2D eigenvalue weighted by molar-refractivity contribution is 7.45. The van der Waals surface area contributed by atoms with Crippen LogP contribution in [-0.4, -0.2) is 70.0 Å². The normalized spacial score (nSPS) is 13.6. The van der Waals surface area contributed by atoms with Crippen LogP contribution in [0.15, 0.2) is 97.2 Å². The molecule has 0 radical (unpaired) electrons. The maximum atomic E-state index is 12.9. The van der Waals surface area contributed by atoms with E-state index >= 15 is 0 Å². The number of hydrogen-bond acceptors (Lipinski definition) is 8. The predicted octanol–water partition coefficient (Wildman–Crippen LogP) is 26.0. The van der Waals surface area contributed by atoms with Crippen LogP contribution >= 0.6 is 7.82 Å². The molecule has 2 atom stereocenters. The first-order chi connectivity index (χ1) is 46.0. The van der Waals surface area contributed by atoms with Crippen LogP contribution in [0, 0.1) is 0 Å². The number of ether oxygens (including phenoxy) is 2. The molecule has 2 unspecified atom stereocenters. The average molecular weight is 1340 g/mol. The van der Waals surface area contributed by atoms with Crippen LogP contribution in [0.3, 0.4) is 0 Å². The Balaban J connectivity index is 3.95. The zero-order valence-corrected chi connectivity index (χ0v) is 63.3. The Kier molecular flexibility index (Phi) is 71.7. The Labute approximate surface area is 583 Å². The minimum Gasteiger partial charge on any atom is -0.756 e. The first-order valence-electron chi connectivity index (χ1n) is 39.9. The number of carbonyl (C=O) groups is 2. The second-order valence-corrected chi connectivity index (χ2v) is 29.5. The number of phosphoric acid groups is 1. The number of allylic oxidation sites excluding steroid dienone is 16. The van der Waals surface area contributed by atoms with Gasteiger partial charge in [0.2, 0.25) is 0 Å². The van der Waals surface area contributed by atoms with Gasteiger partial charge in [0, 0.05) is 12.8 Å². The monoisotopic (exact) mass is 1330 g/mol. The van der Waals surface area contributed by atoms with Gasteiger partial charge in [0.05, 0.1) is 27.7 Å². The number of likely N-dealkylation sites (N-methyl/N-ethyl adjacent to an activating group) is 1. The van der Waals surface area contributed by atoms with Crippen molar-refractivity contribution in [1.82, 2.24) is 0 Å². The largest absolute Gasteiger partial charge is 0.756 e. The van der Waals surface area contributed by atoms with Crippen LogP contribution < -0.4 is 4.89 Å². The van der Waals surface area contributed by atoms with Gasteiger partial charge in [-0.05, 0) is 96.3 Å². The Morgan fingerprint density at radius 3 is 0.904 bits per heavy atom. The first-order valence-corrected chi connectivity index (χ1v) is 41.4. The van der Waals surface area contributed by atoms with Gasteiger partial charge in [0.25, 0.3) is 7.82 Å². The van der Waals surface area contributed by atoms with Gasteiger partial charge in [0.15, 0.2) is 6.10 Å². The minimum atomic E-state index is -4.65. The summed E-state index contributed by atoms with van der Waals surface area (Å²) in [6.07, 6.45) is 104. The van der Waals surface area contributed by atoms with Gasteiger partial charge >= 0.3 is 11.9 Å². The molecule has 0 aliphatic carbocycles. The summed E-state index contributed by atoms with van der Waals surface area (Å²) in [5.41, 5.74) is 0. The van der Waals surface area contributed by atoms with Crippen molar-refractivity contribution in [3.05, 3.63) is 97.2 Å². The highest BCUT2D eigenvalue weighted by Crippen LogP contribution is 2.38. The van der Waals surface area contributed by atoms with Crippen molar-refractivity contribution >= 4 is 19.8 Å². The van der Waals surface area contributed by atoms with Crippen LogP contribution in [0.4, 0.5) is 0 Å². The topological polar surface area (TPSA) is 111 Å². The van der Waals surface area contributed by atoms with Crippen molar-refractivity contribution in [1.29, 1.82) is 0 Å². The molecule has 0 heterocycles. The standard InChI is InChI=1S/C84H152NO8P/c1-6-8-10-12-14-16-18-20-22-24-26-28-30-32-34-36-38-40-42-44-46-48-50-52-54-56-58-60-62-64-66-68-70-72-74-76-83(86)90-80-82(81-92-94(88,89)91-79-78-85(3,4)5)93-84(87)77-75-73-71-69-67-65-63-61-59-57-55-53-51-49-47-45-43-41-39-37-35-33-31-29-27-25-23-21-19-17-15-13-11-9-7-2/h9,11,15,17-18,20-21,23-24,26-27,29,33,35,39,41,82H,6-8,10,12-14,16,19,22,25,28,30-32,34,36-38,40,42-81H2,1-5H3/b11-9-,17-15-,20-18-,23-21-,26-24-,29-27-,35-33-,41-39-. The molecule has 0 fully saturated rings. The molecule has 0 rings (SSSR count). The summed E-state index contributed by atoms with van der Waals surface area (Å²) in [5, 5.41) is 0. The van der Waals surface area contributed by atoms with E-state index in [-0.39, 0.29) is 32.0 Å². The quantitative estimate of drug-likeness (QED) is 0.0195. The van der Waals surface area contributed by atoms with Crippen LogP contribution in [0.5, 0.6) is 0 Å². The summed E-state index contributed by atoms with van der Waals surface area (Å²) >= 11 is 0. The molecule has 0 spiro atoms. The Morgan fingerprint density at radius 1 is 0.340 bits per heavy atom. The summed E-state index contributed by atoms with van der Waals surface area (Å²) in [6, 6.07) is 0. The molecule has 0 aromatic heterocycles. The third-order valence-electron chi connectivity index (χ3n) is 17.6. The number of quaternary nitrogens is 1. The van der Waals surface area contributed by atoms with Gasteiger partial charge in [-0.15, -0.1) is 0 Å². The van der Waals surface area contributed by atoms with Crippen molar-refractivity contribution in [2.75, 3.05) is 47.5 Å². The third-order valence-corrected chi connectivity index (χ3v) is 18.6. The summed E-state index contributed by atoms with van der Waals surface area (Å²) in [6.45, 7) is 4.17. The molecule has 0 aromatic carbocycles. The summed E-state index contributed by atoms with van der Waals surface area (Å²) in [7, 11) is 1.18. The lowest BCUT2D eigenvalue weighted by Gasteiger charge is -2.28. The van der Waals surface area contributed by atoms with Crippen LogP contribution in [0.2, 0.25) is 0 Å². The van der Waals surface area contributed by atoms with E-state index < -0.39 is 26.5 Å². The van der Waals surface area contributed by atoms with Crippen molar-refractivity contribution < 1.29 is 42.1 Å². The SMILES string of the molecule is CC/C=C\C/C=C\C/C=C\C/C=C\C/C=C\C/C=C\CCCCCCCCCCCCCCCCCCC(=O)OC(COC(=O)CCCCCCCCCCCCCCCCCCCCCCCCC/C=C\C/C=C\CCCCCCC)COP(=O)([O-])OCC[N+](C)(C)C. The molecule has 0 saturated carbocycles. The summed E-state index contributed by atoms with van der Waals surface area (Å²) < 4.78 is 34.4. The molecular weight excluding hydrogens is 1180 g/mol. The lowest BCUT2D eigenvalue weighted by atomic mass is 10.0. The zero-order valence-electron chi connectivity index (χ0n) is 62.4. The fourth-order valence-corrected chi connectivity index (χ4v) is 12.2. The highest BCUT2D eigenvalue weighted by Gasteiger charge is 2.22. The van der Waals surface area contributed by atoms with Gasteiger partial charge < -0.3 is 27.9 Å². The number of hydrogen-bond donors (Lipinski definition) is 0. The van der Waals surface area contributed by atoms with Crippen molar-refractivity contribution in [2.45, 2.75) is 380 Å². The van der Waals surface area contributed by atoms with E-state index in [1.807, 2.05) is 21.1 Å². The molecule has 0 aliphatic rings. The molecule has 0 saturated heterocycles. The molecule has 0 bridgehead atoms. The molecule has 94 heavy (non-hydrogen) atoms. The highest BCUT2D eigenvalue weighted by atomic mass is 31.2. The number of esters is 2. The maximum Gasteiger partial charge on any atom is 0.306 e. The maximum absolute atomic E-state index is 12.9. The lowest BCUT2D eigenvalue weighted by molar-refractivity contribution is -0.870. The van der Waals surface area contributed by atoms with Gasteiger partial charge in [-0.3, -0.25) is 14.2 Å². The molecule has 10 heteroatoms. The number of carbonyl (C=O) groups excluding carboxylic acids is 2. The number of rotatable bonds is 74. The molecule has 0 aromatic rings. The van der Waals surface area contributed by atoms with Gasteiger partial charge in [0.1, 0.15) is 19.8 Å². The molecular formula is C84H152NO8P. The summed E-state index contributed by atoms with van der Waals surface area (Å²) in [4.78, 5) is 38.2. The van der Waals surface area contributed by atoms with Gasteiger partial charge in [-0.1, -0.05) is 361 Å². The zero-order chi connectivity index (χ0) is 68.3. The number of nitrogens with zero attached hydrogens (tertiary/aromatic N) is 1. The fourth-order valence-electron chi connectivity index (χ4n) is 11.5. The van der Waals surface area contributed by atoms with Crippen LogP contribution in [0.1, 0.15) is 373 Å². The van der Waals surface area contributed by atoms with Gasteiger partial charge in [-0.25, -0.2) is 0 Å². The van der Waals surface area contributed by atoms with E-state index in [0.717, 1.165) is 83.5 Å². The van der Waals surface area contributed by atoms with E-state index in [2.05, 4.69) is 111 Å². The van der Waals surface area contributed by atoms with Crippen molar-refractivity contribution in [3.63, 3.8) is 0 Å². The number of phosphoric ester groups is 1. The van der Waals surface area contributed by atoms with E-state index in [9.17, 15) is 19.0 Å². The van der Waals surface area contributed by atoms with Crippen LogP contribution in [-0.2, 0) is 32.7 Å². The Bertz CT molecular complexity index is 1910. The van der Waals surface area contributed by atoms with Crippen molar-refractivity contribution in [3.8, 4) is 0 Å². The summed E-state index contributed by atoms with van der Waals surface area (Å²) in [5.74, 6) is -0.817. The second kappa shape index (κ2) is 74.2. The van der Waals surface area contributed by atoms with E-state index in [4.69, 9.17) is 18.5 Å². The van der Waals surface area contributed by atoms with Gasteiger partial charge in [-0.2, -0.15) is 0 Å². The fraction of sp³-hybridized carbons (Fsp3) is 0.786. The second-order valence-electron chi connectivity index (χ2n) is 28.0. The Hall–Kier alpha value is -3.07.